The van der Waals surface area contributed by atoms with Gasteiger partial charge in [0.1, 0.15) is 24.3 Å². The molecule has 6 heteroatoms. The number of fused-ring (bicyclic) bond motifs is 1. The number of aromatic amines is 1. The lowest BCUT2D eigenvalue weighted by atomic mass is 10.1. The van der Waals surface area contributed by atoms with Crippen LogP contribution in [0.15, 0.2) is 63.5 Å². The molecule has 4 aromatic rings. The van der Waals surface area contributed by atoms with Gasteiger partial charge in [-0.15, -0.1) is 0 Å². The fraction of sp³-hybridized carbons (Fsp3) is 0.120. The number of H-pyrrole nitrogens is 1. The van der Waals surface area contributed by atoms with Crippen molar-refractivity contribution in [2.75, 3.05) is 0 Å². The Balaban J connectivity index is 1.52. The molecule has 4 rings (SSSR count). The predicted molar refractivity (Wildman–Crippen MR) is 132 cm³/mol. The molecule has 31 heavy (non-hydrogen) atoms. The van der Waals surface area contributed by atoms with Crippen LogP contribution in [0.25, 0.3) is 22.7 Å². The third kappa shape index (κ3) is 4.90. The monoisotopic (exact) mass is 535 g/mol. The van der Waals surface area contributed by atoms with Crippen LogP contribution >= 0.6 is 31.9 Å². The van der Waals surface area contributed by atoms with Gasteiger partial charge in [0.05, 0.1) is 16.6 Å². The van der Waals surface area contributed by atoms with Gasteiger partial charge in [0.15, 0.2) is 0 Å². The Morgan fingerprint density at radius 3 is 2.52 bits per heavy atom. The van der Waals surface area contributed by atoms with Gasteiger partial charge >= 0.3 is 0 Å². The van der Waals surface area contributed by atoms with Crippen LogP contribution in [-0.2, 0) is 6.61 Å². The van der Waals surface area contributed by atoms with Crippen LogP contribution in [0.2, 0.25) is 0 Å². The first-order valence-electron chi connectivity index (χ1n) is 9.69. The average molecular weight is 537 g/mol. The molecule has 3 aromatic carbocycles. The van der Waals surface area contributed by atoms with Crippen molar-refractivity contribution in [2.24, 2.45) is 0 Å². The van der Waals surface area contributed by atoms with Gasteiger partial charge < -0.3 is 9.72 Å². The molecular weight excluding hydrogens is 518 g/mol. The fourth-order valence-corrected chi connectivity index (χ4v) is 4.34. The molecule has 0 aliphatic heterocycles. The number of hydrogen-bond donors (Lipinski definition) is 1. The Kier molecular flexibility index (Phi) is 6.26. The van der Waals surface area contributed by atoms with E-state index in [0.29, 0.717) is 18.0 Å². The van der Waals surface area contributed by atoms with Crippen LogP contribution in [0.3, 0.4) is 0 Å². The smallest absolute Gasteiger partial charge is 0.149 e. The first kappa shape index (κ1) is 21.4. The number of nitriles is 1. The summed E-state index contributed by atoms with van der Waals surface area (Å²) in [6, 6.07) is 20.0. The molecule has 0 aliphatic rings. The number of ether oxygens (including phenoxy) is 1. The normalized spacial score (nSPS) is 11.5. The van der Waals surface area contributed by atoms with Crippen LogP contribution < -0.4 is 4.74 Å². The molecule has 0 radical (unpaired) electrons. The van der Waals surface area contributed by atoms with Gasteiger partial charge in [0.25, 0.3) is 0 Å². The molecule has 154 valence electrons. The van der Waals surface area contributed by atoms with Crippen LogP contribution in [0, 0.1) is 25.2 Å². The van der Waals surface area contributed by atoms with Gasteiger partial charge in [0, 0.05) is 14.5 Å². The first-order valence-corrected chi connectivity index (χ1v) is 11.3. The second-order valence-corrected chi connectivity index (χ2v) is 9.07. The van der Waals surface area contributed by atoms with E-state index in [1.54, 1.807) is 0 Å². The maximum absolute atomic E-state index is 9.67. The summed E-state index contributed by atoms with van der Waals surface area (Å²) in [7, 11) is 0. The van der Waals surface area contributed by atoms with Gasteiger partial charge in [-0.2, -0.15) is 5.26 Å². The Bertz CT molecular complexity index is 1290. The van der Waals surface area contributed by atoms with E-state index in [4.69, 9.17) is 4.74 Å². The number of rotatable bonds is 5. The summed E-state index contributed by atoms with van der Waals surface area (Å²) in [5, 5.41) is 9.67. The molecule has 0 bridgehead atoms. The average Bonchev–Trinajstić information content (AvgIpc) is 3.15. The zero-order chi connectivity index (χ0) is 22.0. The van der Waals surface area contributed by atoms with E-state index < -0.39 is 0 Å². The highest BCUT2D eigenvalue weighted by atomic mass is 79.9. The molecule has 1 aromatic heterocycles. The van der Waals surface area contributed by atoms with Gasteiger partial charge in [-0.1, -0.05) is 50.1 Å². The van der Waals surface area contributed by atoms with Crippen molar-refractivity contribution >= 4 is 54.5 Å². The van der Waals surface area contributed by atoms with E-state index in [9.17, 15) is 5.26 Å². The summed E-state index contributed by atoms with van der Waals surface area (Å²) < 4.78 is 7.91. The number of halogens is 2. The second kappa shape index (κ2) is 9.09. The van der Waals surface area contributed by atoms with Crippen molar-refractivity contribution in [3.8, 4) is 11.8 Å². The van der Waals surface area contributed by atoms with Crippen molar-refractivity contribution < 1.29 is 4.74 Å². The standard InChI is InChI=1S/C25H19Br2N3O/c1-15-9-23-24(10-16(15)2)30-25(29-23)19(13-28)11-17-3-7-21(8-4-17)31-14-18-5-6-20(26)12-22(18)27/h3-12H,14H2,1-2H3,(H,29,30)/b19-11-. The van der Waals surface area contributed by atoms with E-state index in [1.807, 2.05) is 54.6 Å². The third-order valence-electron chi connectivity index (χ3n) is 5.07. The second-order valence-electron chi connectivity index (χ2n) is 7.30. The maximum atomic E-state index is 9.67. The molecular formula is C25H19Br2N3O. The molecule has 4 nitrogen and oxygen atoms in total. The number of nitrogens with one attached hydrogen (secondary N) is 1. The van der Waals surface area contributed by atoms with Crippen molar-refractivity contribution in [1.82, 2.24) is 9.97 Å². The molecule has 0 amide bonds. The van der Waals surface area contributed by atoms with E-state index in [2.05, 4.69) is 67.8 Å². The highest BCUT2D eigenvalue weighted by Gasteiger charge is 2.09. The van der Waals surface area contributed by atoms with Crippen molar-refractivity contribution in [3.63, 3.8) is 0 Å². The van der Waals surface area contributed by atoms with Crippen molar-refractivity contribution in [3.05, 3.63) is 91.6 Å². The molecule has 0 saturated carbocycles. The molecule has 1 N–H and O–H groups in total. The maximum Gasteiger partial charge on any atom is 0.149 e. The quantitative estimate of drug-likeness (QED) is 0.271. The minimum absolute atomic E-state index is 0.463. The van der Waals surface area contributed by atoms with Gasteiger partial charge in [-0.05, 0) is 73.0 Å². The fourth-order valence-electron chi connectivity index (χ4n) is 3.18. The summed E-state index contributed by atoms with van der Waals surface area (Å²) in [4.78, 5) is 7.86. The molecule has 0 atom stereocenters. The molecule has 0 fully saturated rings. The highest BCUT2D eigenvalue weighted by Crippen LogP contribution is 2.25. The number of imidazole rings is 1. The number of hydrogen-bond acceptors (Lipinski definition) is 3. The van der Waals surface area contributed by atoms with Crippen LogP contribution in [-0.4, -0.2) is 9.97 Å². The van der Waals surface area contributed by atoms with E-state index >= 15 is 0 Å². The van der Waals surface area contributed by atoms with Gasteiger partial charge in [-0.25, -0.2) is 4.98 Å². The Hall–Kier alpha value is -2.88. The minimum atomic E-state index is 0.463. The number of aryl methyl sites for hydroxylation is 2. The summed E-state index contributed by atoms with van der Waals surface area (Å²) in [5.74, 6) is 1.34. The van der Waals surface area contributed by atoms with Crippen LogP contribution in [0.5, 0.6) is 5.75 Å². The number of nitrogens with zero attached hydrogens (tertiary/aromatic N) is 2. The topological polar surface area (TPSA) is 61.7 Å². The van der Waals surface area contributed by atoms with Crippen LogP contribution in [0.1, 0.15) is 28.1 Å². The largest absolute Gasteiger partial charge is 0.489 e. The zero-order valence-corrected chi connectivity index (χ0v) is 20.2. The number of benzene rings is 3. The SMILES string of the molecule is Cc1cc2nc(/C(C#N)=C\c3ccc(OCc4ccc(Br)cc4Br)cc3)[nH]c2cc1C. The third-order valence-corrected chi connectivity index (χ3v) is 6.30. The molecule has 0 spiro atoms. The van der Waals surface area contributed by atoms with E-state index in [0.717, 1.165) is 36.9 Å². The predicted octanol–water partition coefficient (Wildman–Crippen LogP) is 7.35. The molecule has 0 aliphatic carbocycles. The van der Waals surface area contributed by atoms with Gasteiger partial charge in [-0.3, -0.25) is 0 Å². The number of aromatic nitrogens is 2. The summed E-state index contributed by atoms with van der Waals surface area (Å²) in [6.07, 6.45) is 1.83. The number of allylic oxidation sites excluding steroid dienone is 1. The van der Waals surface area contributed by atoms with E-state index in [-0.39, 0.29) is 0 Å². The van der Waals surface area contributed by atoms with Crippen molar-refractivity contribution in [2.45, 2.75) is 20.5 Å². The summed E-state index contributed by atoms with van der Waals surface area (Å²) >= 11 is 7.01. The molecule has 0 unspecified atom stereocenters. The first-order chi connectivity index (χ1) is 14.9. The zero-order valence-electron chi connectivity index (χ0n) is 17.0. The van der Waals surface area contributed by atoms with Crippen LogP contribution in [0.4, 0.5) is 0 Å². The lowest BCUT2D eigenvalue weighted by Crippen LogP contribution is -1.96. The lowest BCUT2D eigenvalue weighted by Gasteiger charge is -2.08. The Morgan fingerprint density at radius 2 is 1.81 bits per heavy atom. The molecule has 1 heterocycles. The Morgan fingerprint density at radius 1 is 1.06 bits per heavy atom. The van der Waals surface area contributed by atoms with Crippen molar-refractivity contribution in [1.29, 1.82) is 5.26 Å². The van der Waals surface area contributed by atoms with E-state index in [1.165, 1.54) is 11.1 Å². The highest BCUT2D eigenvalue weighted by molar-refractivity contribution is 9.11. The molecule has 0 saturated heterocycles. The van der Waals surface area contributed by atoms with Gasteiger partial charge in [0.2, 0.25) is 0 Å². The minimum Gasteiger partial charge on any atom is -0.489 e. The summed E-state index contributed by atoms with van der Waals surface area (Å²) in [6.45, 7) is 4.59. The Labute approximate surface area is 197 Å². The lowest BCUT2D eigenvalue weighted by molar-refractivity contribution is 0.305. The summed E-state index contributed by atoms with van der Waals surface area (Å²) in [5.41, 5.74) is 6.62.